The van der Waals surface area contributed by atoms with Crippen molar-refractivity contribution in [3.8, 4) is 11.1 Å². The molecule has 0 aliphatic carbocycles. The van der Waals surface area contributed by atoms with Crippen LogP contribution in [0, 0.1) is 12.7 Å². The molecule has 3 aromatic heterocycles. The Morgan fingerprint density at radius 2 is 2.00 bits per heavy atom. The van der Waals surface area contributed by atoms with E-state index >= 15 is 4.39 Å². The third kappa shape index (κ3) is 4.07. The van der Waals surface area contributed by atoms with E-state index in [1.807, 2.05) is 19.1 Å². The highest BCUT2D eigenvalue weighted by Crippen LogP contribution is 2.39. The Morgan fingerprint density at radius 3 is 2.84 bits per heavy atom. The minimum absolute atomic E-state index is 0.0195. The lowest BCUT2D eigenvalue weighted by Gasteiger charge is -2.32. The molecule has 0 radical (unpaired) electrons. The first kappa shape index (κ1) is 23.4. The topological polar surface area (TPSA) is 108 Å². The smallest absolute Gasteiger partial charge is 0.244 e. The van der Waals surface area contributed by atoms with Gasteiger partial charge in [0.25, 0.3) is 0 Å². The molecule has 2 aliphatic heterocycles. The molecule has 0 bridgehead atoms. The Labute approximate surface area is 213 Å². The van der Waals surface area contributed by atoms with Crippen molar-refractivity contribution in [3.05, 3.63) is 59.4 Å². The molecule has 6 rings (SSSR count). The highest BCUT2D eigenvalue weighted by atomic mass is 19.1. The second-order valence-electron chi connectivity index (χ2n) is 10.1. The average molecular weight is 502 g/mol. The molecule has 4 aromatic rings. The summed E-state index contributed by atoms with van der Waals surface area (Å²) in [4.78, 5) is 22.8. The number of carbonyl (C=O) groups excluding carboxylic acids is 1. The molecule has 2 aliphatic rings. The van der Waals surface area contributed by atoms with Gasteiger partial charge in [-0.15, -0.1) is 0 Å². The lowest BCUT2D eigenvalue weighted by atomic mass is 9.89. The number of aliphatic hydroxyl groups is 1. The maximum absolute atomic E-state index is 15.2. The lowest BCUT2D eigenvalue weighted by molar-refractivity contribution is -0.130. The summed E-state index contributed by atoms with van der Waals surface area (Å²) in [5.74, 6) is 0.758. The number of benzene rings is 1. The zero-order valence-electron chi connectivity index (χ0n) is 21.0. The molecule has 0 spiro atoms. The number of nitrogens with one attached hydrogen (secondary N) is 2. The number of hydrogen-bond acceptors (Lipinski definition) is 7. The van der Waals surface area contributed by atoms with Gasteiger partial charge in [0.05, 0.1) is 11.4 Å². The third-order valence-corrected chi connectivity index (χ3v) is 7.39. The van der Waals surface area contributed by atoms with Gasteiger partial charge >= 0.3 is 0 Å². The molecule has 1 atom stereocenters. The molecule has 190 valence electrons. The minimum Gasteiger partial charge on any atom is -0.384 e. The maximum Gasteiger partial charge on any atom is 0.244 e. The summed E-state index contributed by atoms with van der Waals surface area (Å²) in [5.41, 5.74) is 3.79. The average Bonchev–Trinajstić information content (AvgIpc) is 3.17. The second-order valence-corrected chi connectivity index (χ2v) is 10.1. The molecule has 1 unspecified atom stereocenters. The Balaban J connectivity index is 1.34. The molecule has 37 heavy (non-hydrogen) atoms. The number of carbonyl (C=O) groups is 1. The van der Waals surface area contributed by atoms with E-state index in [4.69, 9.17) is 0 Å². The van der Waals surface area contributed by atoms with Gasteiger partial charge in [-0.1, -0.05) is 0 Å². The van der Waals surface area contributed by atoms with Crippen LogP contribution in [0.25, 0.3) is 21.9 Å². The molecule has 9 nitrogen and oxygen atoms in total. The van der Waals surface area contributed by atoms with Crippen LogP contribution in [-0.4, -0.2) is 55.8 Å². The highest BCUT2D eigenvalue weighted by molar-refractivity contribution is 5.90. The number of halogens is 1. The molecule has 0 saturated carbocycles. The molecule has 5 heterocycles. The first-order valence-corrected chi connectivity index (χ1v) is 12.3. The first-order chi connectivity index (χ1) is 17.7. The Bertz CT molecular complexity index is 1560. The van der Waals surface area contributed by atoms with Crippen molar-refractivity contribution in [1.29, 1.82) is 0 Å². The van der Waals surface area contributed by atoms with Gasteiger partial charge in [0.15, 0.2) is 5.82 Å². The largest absolute Gasteiger partial charge is 0.384 e. The van der Waals surface area contributed by atoms with Gasteiger partial charge in [-0.2, -0.15) is 5.10 Å². The zero-order valence-corrected chi connectivity index (χ0v) is 21.0. The normalized spacial score (nSPS) is 19.3. The van der Waals surface area contributed by atoms with E-state index in [9.17, 15) is 9.90 Å². The van der Waals surface area contributed by atoms with E-state index in [1.165, 1.54) is 12.3 Å². The van der Waals surface area contributed by atoms with Crippen molar-refractivity contribution in [2.45, 2.75) is 38.8 Å². The van der Waals surface area contributed by atoms with Gasteiger partial charge in [-0.25, -0.2) is 9.37 Å². The third-order valence-electron chi connectivity index (χ3n) is 7.39. The molecule has 1 aromatic carbocycles. The van der Waals surface area contributed by atoms with Crippen molar-refractivity contribution in [2.24, 2.45) is 0 Å². The van der Waals surface area contributed by atoms with Gasteiger partial charge in [0, 0.05) is 61.7 Å². The van der Waals surface area contributed by atoms with Crippen LogP contribution in [0.4, 0.5) is 21.7 Å². The minimum atomic E-state index is -1.00. The summed E-state index contributed by atoms with van der Waals surface area (Å²) in [5, 5.41) is 22.9. The fourth-order valence-corrected chi connectivity index (χ4v) is 5.15. The number of amides is 1. The van der Waals surface area contributed by atoms with E-state index in [2.05, 4.69) is 25.7 Å². The Kier molecular flexibility index (Phi) is 5.38. The summed E-state index contributed by atoms with van der Waals surface area (Å²) in [7, 11) is 1.79. The number of nitrogens with zero attached hydrogens (tertiary/aromatic N) is 5. The van der Waals surface area contributed by atoms with E-state index in [0.29, 0.717) is 53.2 Å². The lowest BCUT2D eigenvalue weighted by Crippen LogP contribution is -2.32. The van der Waals surface area contributed by atoms with Crippen LogP contribution in [0.2, 0.25) is 0 Å². The molecule has 1 amide bonds. The van der Waals surface area contributed by atoms with Crippen LogP contribution < -0.4 is 10.6 Å². The molecule has 0 fully saturated rings. The molecule has 3 N–H and O–H groups in total. The van der Waals surface area contributed by atoms with Crippen LogP contribution in [0.5, 0.6) is 0 Å². The van der Waals surface area contributed by atoms with Gasteiger partial charge in [0.2, 0.25) is 5.91 Å². The first-order valence-electron chi connectivity index (χ1n) is 12.3. The number of likely N-dealkylation sites (N-methyl/N-ethyl adjacent to an activating group) is 1. The van der Waals surface area contributed by atoms with E-state index in [0.717, 1.165) is 28.9 Å². The number of fused-ring (bicyclic) bond motifs is 3. The zero-order chi connectivity index (χ0) is 25.9. The number of anilines is 3. The van der Waals surface area contributed by atoms with Crippen LogP contribution in [0.3, 0.4) is 0 Å². The summed E-state index contributed by atoms with van der Waals surface area (Å²) in [6.07, 6.45) is 4.50. The number of pyridine rings is 2. The molecular weight excluding hydrogens is 473 g/mol. The van der Waals surface area contributed by atoms with Gasteiger partial charge in [0.1, 0.15) is 23.8 Å². The molecule has 10 heteroatoms. The summed E-state index contributed by atoms with van der Waals surface area (Å²) >= 11 is 0. The highest BCUT2D eigenvalue weighted by Gasteiger charge is 2.32. The standard InChI is InChI=1S/C27H28FN7O2/c1-15-19(12-31-26-25(15)29-6-5-27(26,2)37)16-8-17-10-22(30-13-20(17)21(28)9-16)32-23-11-18-4-7-34(3)24(36)14-35(18)33-23/h8-13,29,37H,4-7,14H2,1-3H3,(H,30,32,33). The van der Waals surface area contributed by atoms with E-state index in [1.54, 1.807) is 35.8 Å². The van der Waals surface area contributed by atoms with E-state index in [-0.39, 0.29) is 18.3 Å². The van der Waals surface area contributed by atoms with Crippen LogP contribution >= 0.6 is 0 Å². The Morgan fingerprint density at radius 1 is 1.16 bits per heavy atom. The van der Waals surface area contributed by atoms with E-state index < -0.39 is 5.60 Å². The van der Waals surface area contributed by atoms with Gasteiger partial charge in [-0.3, -0.25) is 14.5 Å². The number of hydrogen-bond donors (Lipinski definition) is 3. The van der Waals surface area contributed by atoms with Crippen LogP contribution in [0.15, 0.2) is 36.7 Å². The van der Waals surface area contributed by atoms with Crippen molar-refractivity contribution in [2.75, 3.05) is 30.8 Å². The summed E-state index contributed by atoms with van der Waals surface area (Å²) in [6, 6.07) is 7.11. The monoisotopic (exact) mass is 501 g/mol. The predicted octanol–water partition coefficient (Wildman–Crippen LogP) is 3.72. The quantitative estimate of drug-likeness (QED) is 0.393. The van der Waals surface area contributed by atoms with Gasteiger partial charge in [-0.05, 0) is 55.0 Å². The van der Waals surface area contributed by atoms with Crippen molar-refractivity contribution in [1.82, 2.24) is 24.6 Å². The number of aromatic nitrogens is 4. The van der Waals surface area contributed by atoms with Crippen molar-refractivity contribution >= 4 is 34.0 Å². The molecule has 0 saturated heterocycles. The van der Waals surface area contributed by atoms with Crippen LogP contribution in [-0.2, 0) is 23.4 Å². The fourth-order valence-electron chi connectivity index (χ4n) is 5.15. The van der Waals surface area contributed by atoms with Crippen molar-refractivity contribution in [3.63, 3.8) is 0 Å². The molecular formula is C27H28FN7O2. The summed E-state index contributed by atoms with van der Waals surface area (Å²) < 4.78 is 16.9. The summed E-state index contributed by atoms with van der Waals surface area (Å²) in [6.45, 7) is 5.21. The number of rotatable bonds is 3. The predicted molar refractivity (Wildman–Crippen MR) is 139 cm³/mol. The second kappa shape index (κ2) is 8.52. The SMILES string of the molecule is Cc1c(-c2cc(F)c3cnc(Nc4cc5n(n4)CC(=O)N(C)CC5)cc3c2)cnc2c1NCCC2(C)O. The Hall–Kier alpha value is -4.05. The maximum atomic E-state index is 15.2. The van der Waals surface area contributed by atoms with Gasteiger partial charge < -0.3 is 20.6 Å². The van der Waals surface area contributed by atoms with Crippen LogP contribution in [0.1, 0.15) is 30.3 Å². The van der Waals surface area contributed by atoms with Crippen molar-refractivity contribution < 1.29 is 14.3 Å². The fraction of sp³-hybridized carbons (Fsp3) is 0.333.